The molecule has 1 amide bonds. The van der Waals surface area contributed by atoms with E-state index in [1.807, 2.05) is 6.92 Å². The lowest BCUT2D eigenvalue weighted by atomic mass is 9.96. The Morgan fingerprint density at radius 1 is 1.13 bits per heavy atom. The number of aryl methyl sites for hydroxylation is 1. The first-order valence-electron chi connectivity index (χ1n) is 9.11. The molecule has 30 heavy (non-hydrogen) atoms. The largest absolute Gasteiger partial charge is 0.507 e. The molecule has 2 heterocycles. The maximum Gasteiger partial charge on any atom is 0.300 e. The van der Waals surface area contributed by atoms with Gasteiger partial charge in [-0.25, -0.2) is 4.39 Å². The van der Waals surface area contributed by atoms with E-state index in [9.17, 15) is 19.1 Å². The van der Waals surface area contributed by atoms with Crippen LogP contribution in [0.15, 0.2) is 72.6 Å². The number of rotatable bonds is 3. The minimum Gasteiger partial charge on any atom is -0.507 e. The highest BCUT2D eigenvalue weighted by Crippen LogP contribution is 2.42. The van der Waals surface area contributed by atoms with E-state index in [1.54, 1.807) is 42.6 Å². The van der Waals surface area contributed by atoms with Crippen molar-refractivity contribution in [3.05, 3.63) is 100 Å². The number of halogens is 2. The number of carbonyl (C=O) groups excluding carboxylic acids is 2. The fraction of sp³-hybridized carbons (Fsp3) is 0.0870. The van der Waals surface area contributed by atoms with Crippen molar-refractivity contribution in [1.29, 1.82) is 0 Å². The van der Waals surface area contributed by atoms with Crippen LogP contribution >= 0.6 is 11.6 Å². The van der Waals surface area contributed by atoms with Crippen LogP contribution in [0.25, 0.3) is 5.76 Å². The van der Waals surface area contributed by atoms with Crippen LogP contribution in [0, 0.1) is 12.7 Å². The van der Waals surface area contributed by atoms with Crippen molar-refractivity contribution in [1.82, 2.24) is 4.98 Å². The summed E-state index contributed by atoms with van der Waals surface area (Å²) in [5.74, 6) is -2.63. The van der Waals surface area contributed by atoms with E-state index >= 15 is 0 Å². The number of carbonyl (C=O) groups is 2. The standard InChI is InChI=1S/C23H16ClFN2O3/c1-13-4-6-14(7-5-13)21(28)19-20(15-3-2-10-26-12-15)27(23(30)22(19)29)16-8-9-18(25)17(24)11-16/h2-12,20,28H,1H3/b21-19+. The summed E-state index contributed by atoms with van der Waals surface area (Å²) in [6, 6.07) is 13.1. The zero-order valence-corrected chi connectivity index (χ0v) is 16.6. The highest BCUT2D eigenvalue weighted by molar-refractivity contribution is 6.51. The van der Waals surface area contributed by atoms with Crippen LogP contribution in [0.4, 0.5) is 10.1 Å². The zero-order chi connectivity index (χ0) is 21.4. The van der Waals surface area contributed by atoms with Crippen molar-refractivity contribution >= 4 is 34.7 Å². The van der Waals surface area contributed by atoms with Crippen LogP contribution in [0.3, 0.4) is 0 Å². The molecule has 1 aliphatic heterocycles. The lowest BCUT2D eigenvalue weighted by Gasteiger charge is -2.25. The minimum absolute atomic E-state index is 0.0719. The Labute approximate surface area is 177 Å². The summed E-state index contributed by atoms with van der Waals surface area (Å²) in [6.07, 6.45) is 3.07. The number of ketones is 1. The highest BCUT2D eigenvalue weighted by Gasteiger charge is 2.47. The lowest BCUT2D eigenvalue weighted by molar-refractivity contribution is -0.132. The molecule has 3 aromatic rings. The Morgan fingerprint density at radius 3 is 2.50 bits per heavy atom. The van der Waals surface area contributed by atoms with Crippen molar-refractivity contribution in [3.8, 4) is 0 Å². The van der Waals surface area contributed by atoms with Crippen molar-refractivity contribution in [2.45, 2.75) is 13.0 Å². The molecular formula is C23H16ClFN2O3. The number of aromatic nitrogens is 1. The second kappa shape index (κ2) is 7.72. The molecule has 0 radical (unpaired) electrons. The Bertz CT molecular complexity index is 1180. The van der Waals surface area contributed by atoms with Crippen LogP contribution in [0.1, 0.15) is 22.7 Å². The van der Waals surface area contributed by atoms with E-state index in [-0.39, 0.29) is 22.0 Å². The first kappa shape index (κ1) is 19.8. The summed E-state index contributed by atoms with van der Waals surface area (Å²) < 4.78 is 13.7. The third-order valence-corrected chi connectivity index (χ3v) is 5.24. The van der Waals surface area contributed by atoms with Gasteiger partial charge in [-0.2, -0.15) is 0 Å². The number of aliphatic hydroxyl groups is 1. The molecule has 5 nitrogen and oxygen atoms in total. The number of hydrogen-bond donors (Lipinski definition) is 1. The van der Waals surface area contributed by atoms with Crippen molar-refractivity contribution in [2.24, 2.45) is 0 Å². The van der Waals surface area contributed by atoms with Crippen molar-refractivity contribution in [2.75, 3.05) is 4.90 Å². The van der Waals surface area contributed by atoms with Crippen molar-refractivity contribution in [3.63, 3.8) is 0 Å². The third-order valence-electron chi connectivity index (χ3n) is 4.95. The molecule has 0 aliphatic carbocycles. The van der Waals surface area contributed by atoms with Crippen LogP contribution in [-0.4, -0.2) is 21.8 Å². The SMILES string of the molecule is Cc1ccc(/C(O)=C2\C(=O)C(=O)N(c3ccc(F)c(Cl)c3)C2c2cccnc2)cc1. The fourth-order valence-electron chi connectivity index (χ4n) is 3.45. The predicted octanol–water partition coefficient (Wildman–Crippen LogP) is 4.81. The van der Waals surface area contributed by atoms with Gasteiger partial charge in [0.05, 0.1) is 16.6 Å². The minimum atomic E-state index is -0.943. The molecular weight excluding hydrogens is 407 g/mol. The number of pyridine rings is 1. The topological polar surface area (TPSA) is 70.5 Å². The molecule has 1 N–H and O–H groups in total. The number of nitrogens with zero attached hydrogens (tertiary/aromatic N) is 2. The number of Topliss-reactive ketones (excluding diaryl/α,β-unsaturated/α-hetero) is 1. The number of hydrogen-bond acceptors (Lipinski definition) is 4. The van der Waals surface area contributed by atoms with Gasteiger partial charge in [0.25, 0.3) is 11.7 Å². The van der Waals surface area contributed by atoms with Crippen LogP contribution in [-0.2, 0) is 9.59 Å². The molecule has 0 spiro atoms. The van der Waals surface area contributed by atoms with Gasteiger partial charge in [0.1, 0.15) is 11.6 Å². The molecule has 1 aromatic heterocycles. The fourth-order valence-corrected chi connectivity index (χ4v) is 3.63. The van der Waals surface area contributed by atoms with Gasteiger partial charge in [0.15, 0.2) is 0 Å². The first-order chi connectivity index (χ1) is 14.4. The molecule has 1 fully saturated rings. The monoisotopic (exact) mass is 422 g/mol. The van der Waals surface area contributed by atoms with E-state index in [2.05, 4.69) is 4.98 Å². The van der Waals surface area contributed by atoms with Gasteiger partial charge >= 0.3 is 0 Å². The summed E-state index contributed by atoms with van der Waals surface area (Å²) >= 11 is 5.91. The summed E-state index contributed by atoms with van der Waals surface area (Å²) in [6.45, 7) is 1.90. The Balaban J connectivity index is 1.94. The Hall–Kier alpha value is -3.51. The third kappa shape index (κ3) is 3.35. The highest BCUT2D eigenvalue weighted by atomic mass is 35.5. The van der Waals surface area contributed by atoms with Gasteiger partial charge in [-0.1, -0.05) is 47.5 Å². The second-order valence-electron chi connectivity index (χ2n) is 6.92. The van der Waals surface area contributed by atoms with Crippen LogP contribution in [0.2, 0.25) is 5.02 Å². The van der Waals surface area contributed by atoms with Gasteiger partial charge in [-0.3, -0.25) is 19.5 Å². The maximum atomic E-state index is 13.7. The molecule has 0 bridgehead atoms. The van der Waals surface area contributed by atoms with E-state index < -0.39 is 23.5 Å². The number of benzene rings is 2. The molecule has 150 valence electrons. The molecule has 4 rings (SSSR count). The van der Waals surface area contributed by atoms with Gasteiger partial charge in [0.2, 0.25) is 0 Å². The van der Waals surface area contributed by atoms with Gasteiger partial charge in [-0.05, 0) is 36.8 Å². The van der Waals surface area contributed by atoms with Gasteiger partial charge in [-0.15, -0.1) is 0 Å². The molecule has 1 atom stereocenters. The summed E-state index contributed by atoms with van der Waals surface area (Å²) in [5.41, 5.74) is 2.07. The molecule has 0 saturated carbocycles. The molecule has 1 saturated heterocycles. The zero-order valence-electron chi connectivity index (χ0n) is 15.8. The van der Waals surface area contributed by atoms with E-state index in [0.29, 0.717) is 11.1 Å². The summed E-state index contributed by atoms with van der Waals surface area (Å²) in [7, 11) is 0. The first-order valence-corrected chi connectivity index (χ1v) is 9.49. The second-order valence-corrected chi connectivity index (χ2v) is 7.33. The van der Waals surface area contributed by atoms with Gasteiger partial charge < -0.3 is 5.11 Å². The van der Waals surface area contributed by atoms with Gasteiger partial charge in [0, 0.05) is 23.6 Å². The Kier molecular flexibility index (Phi) is 5.10. The average molecular weight is 423 g/mol. The van der Waals surface area contributed by atoms with E-state index in [1.165, 1.54) is 23.2 Å². The lowest BCUT2D eigenvalue weighted by Crippen LogP contribution is -2.29. The Morgan fingerprint density at radius 2 is 1.87 bits per heavy atom. The number of amides is 1. The van der Waals surface area contributed by atoms with Crippen molar-refractivity contribution < 1.29 is 19.1 Å². The smallest absolute Gasteiger partial charge is 0.300 e. The normalized spacial score (nSPS) is 18.1. The summed E-state index contributed by atoms with van der Waals surface area (Å²) in [4.78, 5) is 31.2. The van der Waals surface area contributed by atoms with Crippen LogP contribution < -0.4 is 4.90 Å². The molecule has 1 aliphatic rings. The molecule has 2 aromatic carbocycles. The summed E-state index contributed by atoms with van der Waals surface area (Å²) in [5, 5.41) is 10.8. The quantitative estimate of drug-likeness (QED) is 0.373. The molecule has 7 heteroatoms. The van der Waals surface area contributed by atoms with E-state index in [4.69, 9.17) is 11.6 Å². The maximum absolute atomic E-state index is 13.7. The average Bonchev–Trinajstić information content (AvgIpc) is 3.01. The van der Waals surface area contributed by atoms with Crippen LogP contribution in [0.5, 0.6) is 0 Å². The van der Waals surface area contributed by atoms with E-state index in [0.717, 1.165) is 11.6 Å². The molecule has 1 unspecified atom stereocenters. The predicted molar refractivity (Wildman–Crippen MR) is 112 cm³/mol. The number of anilines is 1. The number of aliphatic hydroxyl groups excluding tert-OH is 1.